The van der Waals surface area contributed by atoms with Crippen molar-refractivity contribution in [2.24, 2.45) is 0 Å². The van der Waals surface area contributed by atoms with Crippen molar-refractivity contribution in [2.45, 2.75) is 19.4 Å². The van der Waals surface area contributed by atoms with E-state index >= 15 is 0 Å². The molecule has 146 valence electrons. The highest BCUT2D eigenvalue weighted by Crippen LogP contribution is 2.31. The molecule has 7 nitrogen and oxygen atoms in total. The van der Waals surface area contributed by atoms with Gasteiger partial charge in [0, 0.05) is 10.9 Å². The molecule has 3 rings (SSSR count). The summed E-state index contributed by atoms with van der Waals surface area (Å²) in [6, 6.07) is 13.6. The van der Waals surface area contributed by atoms with Gasteiger partial charge >= 0.3 is 0 Å². The molecule has 0 saturated heterocycles. The number of nitrogens with one attached hydrogen (secondary N) is 1. The molecule has 0 unspecified atom stereocenters. The van der Waals surface area contributed by atoms with E-state index in [1.807, 2.05) is 42.5 Å². The van der Waals surface area contributed by atoms with Crippen LogP contribution in [0.2, 0.25) is 0 Å². The van der Waals surface area contributed by atoms with Crippen molar-refractivity contribution < 1.29 is 14.3 Å². The van der Waals surface area contributed by atoms with Crippen molar-refractivity contribution >= 4 is 27.8 Å². The van der Waals surface area contributed by atoms with Gasteiger partial charge in [0.25, 0.3) is 0 Å². The van der Waals surface area contributed by atoms with E-state index in [-0.39, 0.29) is 12.3 Å². The fourth-order valence-electron chi connectivity index (χ4n) is 2.79. The molecule has 1 amide bonds. The van der Waals surface area contributed by atoms with Crippen LogP contribution < -0.4 is 14.8 Å². The Morgan fingerprint density at radius 3 is 2.64 bits per heavy atom. The van der Waals surface area contributed by atoms with Gasteiger partial charge in [0.15, 0.2) is 11.5 Å². The summed E-state index contributed by atoms with van der Waals surface area (Å²) < 4.78 is 13.4. The number of amides is 1. The average molecular weight is 445 g/mol. The van der Waals surface area contributed by atoms with Gasteiger partial charge in [-0.2, -0.15) is 0 Å². The first-order valence-corrected chi connectivity index (χ1v) is 9.52. The lowest BCUT2D eigenvalue weighted by molar-refractivity contribution is -0.116. The van der Waals surface area contributed by atoms with Crippen LogP contribution in [0.4, 0.5) is 5.95 Å². The summed E-state index contributed by atoms with van der Waals surface area (Å²) in [5.74, 6) is 1.43. The molecule has 0 radical (unpaired) electrons. The zero-order valence-electron chi connectivity index (χ0n) is 15.7. The number of aryl methyl sites for hydroxylation is 1. The third-order valence-electron chi connectivity index (χ3n) is 4.15. The summed E-state index contributed by atoms with van der Waals surface area (Å²) in [7, 11) is 3.17. The Morgan fingerprint density at radius 2 is 1.93 bits per heavy atom. The fraction of sp³-hybridized carbons (Fsp3) is 0.250. The Kier molecular flexibility index (Phi) is 6.65. The molecule has 0 aliphatic carbocycles. The second-order valence-corrected chi connectivity index (χ2v) is 7.01. The zero-order valence-corrected chi connectivity index (χ0v) is 17.3. The Balaban J connectivity index is 1.56. The lowest BCUT2D eigenvalue weighted by atomic mass is 10.1. The first-order valence-electron chi connectivity index (χ1n) is 8.72. The number of halogens is 1. The number of carbonyl (C=O) groups excluding carboxylic acids is 1. The van der Waals surface area contributed by atoms with E-state index in [4.69, 9.17) is 9.47 Å². The summed E-state index contributed by atoms with van der Waals surface area (Å²) >= 11 is 3.41. The minimum absolute atomic E-state index is 0.161. The van der Waals surface area contributed by atoms with E-state index in [9.17, 15) is 4.79 Å². The number of hydrogen-bond acceptors (Lipinski definition) is 5. The monoisotopic (exact) mass is 444 g/mol. The average Bonchev–Trinajstić information content (AvgIpc) is 3.14. The summed E-state index contributed by atoms with van der Waals surface area (Å²) in [4.78, 5) is 16.4. The molecule has 28 heavy (non-hydrogen) atoms. The van der Waals surface area contributed by atoms with Crippen molar-refractivity contribution in [2.75, 3.05) is 19.5 Å². The molecule has 1 heterocycles. The molecule has 0 atom stereocenters. The highest BCUT2D eigenvalue weighted by atomic mass is 79.9. The second kappa shape index (κ2) is 9.36. The zero-order chi connectivity index (χ0) is 19.9. The van der Waals surface area contributed by atoms with E-state index in [0.29, 0.717) is 30.4 Å². The van der Waals surface area contributed by atoms with E-state index in [2.05, 4.69) is 31.3 Å². The number of carbonyl (C=O) groups is 1. The molecule has 3 aromatic rings. The van der Waals surface area contributed by atoms with Crippen molar-refractivity contribution in [3.8, 4) is 11.5 Å². The number of benzene rings is 2. The highest BCUT2D eigenvalue weighted by molar-refractivity contribution is 9.10. The van der Waals surface area contributed by atoms with Gasteiger partial charge in [-0.1, -0.05) is 40.2 Å². The van der Waals surface area contributed by atoms with E-state index in [1.165, 1.54) is 0 Å². The van der Waals surface area contributed by atoms with Crippen LogP contribution in [0.1, 0.15) is 17.5 Å². The minimum Gasteiger partial charge on any atom is -0.493 e. The van der Waals surface area contributed by atoms with Crippen LogP contribution in [0.5, 0.6) is 11.5 Å². The summed E-state index contributed by atoms with van der Waals surface area (Å²) in [5, 5.41) is 7.03. The van der Waals surface area contributed by atoms with Crippen LogP contribution in [-0.2, 0) is 17.8 Å². The summed E-state index contributed by atoms with van der Waals surface area (Å²) in [6.45, 7) is 0.581. The number of methoxy groups -OCH3 is 2. The third kappa shape index (κ3) is 5.10. The molecule has 0 aliphatic rings. The quantitative estimate of drug-likeness (QED) is 0.573. The van der Waals surface area contributed by atoms with Gasteiger partial charge in [-0.15, -0.1) is 5.10 Å². The minimum atomic E-state index is -0.161. The summed E-state index contributed by atoms with van der Waals surface area (Å²) in [6.07, 6.45) is 2.40. The van der Waals surface area contributed by atoms with Crippen LogP contribution in [0.25, 0.3) is 0 Å². The second-order valence-electron chi connectivity index (χ2n) is 6.09. The van der Waals surface area contributed by atoms with Crippen LogP contribution in [0, 0.1) is 0 Å². The van der Waals surface area contributed by atoms with Gasteiger partial charge < -0.3 is 9.47 Å². The molecule has 0 bridgehead atoms. The molecular weight excluding hydrogens is 424 g/mol. The van der Waals surface area contributed by atoms with E-state index in [1.54, 1.807) is 25.2 Å². The van der Waals surface area contributed by atoms with Gasteiger partial charge in [-0.25, -0.2) is 9.67 Å². The lowest BCUT2D eigenvalue weighted by Crippen LogP contribution is -2.14. The lowest BCUT2D eigenvalue weighted by Gasteiger charge is -2.12. The van der Waals surface area contributed by atoms with Crippen LogP contribution in [-0.4, -0.2) is 34.9 Å². The molecule has 1 aromatic heterocycles. The standard InChI is InChI=1S/C20H21BrN4O3/c1-27-17-5-3-4-15(19(17)28-2)8-11-18(26)23-20-22-13-25(24-20)12-14-6-9-16(21)10-7-14/h3-7,9-10,13H,8,11-12H2,1-2H3,(H,23,24,26). The first-order chi connectivity index (χ1) is 13.6. The van der Waals surface area contributed by atoms with Gasteiger partial charge in [-0.05, 0) is 35.7 Å². The normalized spacial score (nSPS) is 10.5. The molecule has 8 heteroatoms. The van der Waals surface area contributed by atoms with Crippen molar-refractivity contribution in [1.82, 2.24) is 14.8 Å². The fourth-order valence-corrected chi connectivity index (χ4v) is 3.06. The number of aromatic nitrogens is 3. The van der Waals surface area contributed by atoms with Gasteiger partial charge in [0.05, 0.1) is 20.8 Å². The van der Waals surface area contributed by atoms with Crippen molar-refractivity contribution in [3.05, 3.63) is 64.4 Å². The third-order valence-corrected chi connectivity index (χ3v) is 4.68. The molecule has 0 fully saturated rings. The Morgan fingerprint density at radius 1 is 1.14 bits per heavy atom. The number of nitrogens with zero attached hydrogens (tertiary/aromatic N) is 3. The van der Waals surface area contributed by atoms with Gasteiger partial charge in [0.2, 0.25) is 11.9 Å². The predicted octanol–water partition coefficient (Wildman–Crippen LogP) is 3.68. The number of para-hydroxylation sites is 1. The highest BCUT2D eigenvalue weighted by Gasteiger charge is 2.12. The molecular formula is C20H21BrN4O3. The number of anilines is 1. The smallest absolute Gasteiger partial charge is 0.248 e. The summed E-state index contributed by atoms with van der Waals surface area (Å²) in [5.41, 5.74) is 2.00. The molecule has 0 spiro atoms. The van der Waals surface area contributed by atoms with Crippen LogP contribution >= 0.6 is 15.9 Å². The Labute approximate surface area is 171 Å². The molecule has 0 aliphatic heterocycles. The van der Waals surface area contributed by atoms with Gasteiger partial charge in [0.1, 0.15) is 6.33 Å². The van der Waals surface area contributed by atoms with Crippen LogP contribution in [0.15, 0.2) is 53.3 Å². The van der Waals surface area contributed by atoms with E-state index < -0.39 is 0 Å². The molecule has 2 aromatic carbocycles. The Hall–Kier alpha value is -2.87. The maximum Gasteiger partial charge on any atom is 0.248 e. The Bertz CT molecular complexity index is 941. The van der Waals surface area contributed by atoms with Crippen molar-refractivity contribution in [1.29, 1.82) is 0 Å². The maximum absolute atomic E-state index is 12.3. The largest absolute Gasteiger partial charge is 0.493 e. The predicted molar refractivity (Wildman–Crippen MR) is 110 cm³/mol. The number of hydrogen-bond donors (Lipinski definition) is 1. The van der Waals surface area contributed by atoms with Crippen LogP contribution in [0.3, 0.4) is 0 Å². The topological polar surface area (TPSA) is 78.3 Å². The van der Waals surface area contributed by atoms with E-state index in [0.717, 1.165) is 15.6 Å². The molecule has 0 saturated carbocycles. The van der Waals surface area contributed by atoms with Gasteiger partial charge in [-0.3, -0.25) is 10.1 Å². The number of ether oxygens (including phenoxy) is 2. The SMILES string of the molecule is COc1cccc(CCC(=O)Nc2ncn(Cc3ccc(Br)cc3)n2)c1OC. The first kappa shape index (κ1) is 19.9. The molecule has 1 N–H and O–H groups in total. The number of rotatable bonds is 8. The maximum atomic E-state index is 12.3. The van der Waals surface area contributed by atoms with Crippen molar-refractivity contribution in [3.63, 3.8) is 0 Å².